The summed E-state index contributed by atoms with van der Waals surface area (Å²) in [5, 5.41) is 0.723. The summed E-state index contributed by atoms with van der Waals surface area (Å²) in [4.78, 5) is 2.51. The van der Waals surface area contributed by atoms with Crippen LogP contribution in [0.3, 0.4) is 0 Å². The predicted molar refractivity (Wildman–Crippen MR) is 87.7 cm³/mol. The quantitative estimate of drug-likeness (QED) is 0.626. The zero-order valence-corrected chi connectivity index (χ0v) is 13.9. The van der Waals surface area contributed by atoms with Gasteiger partial charge < -0.3 is 4.74 Å². The molecule has 2 rings (SSSR count). The van der Waals surface area contributed by atoms with E-state index in [2.05, 4.69) is 24.2 Å². The first-order valence-corrected chi connectivity index (χ1v) is 7.90. The molecule has 0 radical (unpaired) electrons. The molecule has 1 aliphatic rings. The molecule has 0 bridgehead atoms. The molecular formula is C16H26ClN3O. The Morgan fingerprint density at radius 2 is 2.05 bits per heavy atom. The van der Waals surface area contributed by atoms with Crippen LogP contribution in [0.15, 0.2) is 18.2 Å². The van der Waals surface area contributed by atoms with E-state index in [1.807, 2.05) is 18.2 Å². The number of halogens is 1. The molecule has 5 heteroatoms. The Hall–Kier alpha value is -0.810. The van der Waals surface area contributed by atoms with Crippen LogP contribution in [-0.4, -0.2) is 36.7 Å². The summed E-state index contributed by atoms with van der Waals surface area (Å²) in [6, 6.07) is 5.85. The molecule has 1 aromatic carbocycles. The minimum Gasteiger partial charge on any atom is -0.496 e. The minimum atomic E-state index is -0.0153. The summed E-state index contributed by atoms with van der Waals surface area (Å²) in [6.45, 7) is 6.77. The summed E-state index contributed by atoms with van der Waals surface area (Å²) < 4.78 is 5.44. The minimum absolute atomic E-state index is 0.0153. The summed E-state index contributed by atoms with van der Waals surface area (Å²) >= 11 is 6.12. The number of benzene rings is 1. The second-order valence-corrected chi connectivity index (χ2v) is 6.66. The van der Waals surface area contributed by atoms with Crippen LogP contribution in [0.5, 0.6) is 5.75 Å². The Morgan fingerprint density at radius 1 is 1.38 bits per heavy atom. The van der Waals surface area contributed by atoms with E-state index in [0.717, 1.165) is 35.8 Å². The summed E-state index contributed by atoms with van der Waals surface area (Å²) in [5.74, 6) is 6.71. The normalized spacial score (nSPS) is 18.0. The Labute approximate surface area is 132 Å². The van der Waals surface area contributed by atoms with Gasteiger partial charge in [-0.2, -0.15) is 0 Å². The van der Waals surface area contributed by atoms with Crippen LogP contribution >= 0.6 is 11.6 Å². The molecule has 1 atom stereocenters. The van der Waals surface area contributed by atoms with E-state index in [1.165, 1.54) is 12.8 Å². The lowest BCUT2D eigenvalue weighted by Crippen LogP contribution is -2.59. The molecule has 118 valence electrons. The van der Waals surface area contributed by atoms with Gasteiger partial charge in [0.1, 0.15) is 5.75 Å². The number of likely N-dealkylation sites (tertiary alicyclic amines) is 1. The number of rotatable bonds is 6. The fourth-order valence-corrected chi connectivity index (χ4v) is 3.35. The molecule has 21 heavy (non-hydrogen) atoms. The van der Waals surface area contributed by atoms with Gasteiger partial charge in [0.15, 0.2) is 0 Å². The zero-order valence-electron chi connectivity index (χ0n) is 13.2. The number of nitrogens with two attached hydrogens (primary N) is 1. The van der Waals surface area contributed by atoms with Crippen molar-refractivity contribution in [3.05, 3.63) is 28.8 Å². The Morgan fingerprint density at radius 3 is 2.62 bits per heavy atom. The van der Waals surface area contributed by atoms with Gasteiger partial charge in [-0.15, -0.1) is 0 Å². The Kier molecular flexibility index (Phi) is 5.49. The highest BCUT2D eigenvalue weighted by Gasteiger charge is 2.36. The van der Waals surface area contributed by atoms with Gasteiger partial charge in [0, 0.05) is 16.6 Å². The van der Waals surface area contributed by atoms with Crippen molar-refractivity contribution < 1.29 is 4.74 Å². The Balaban J connectivity index is 2.20. The van der Waals surface area contributed by atoms with Gasteiger partial charge in [-0.25, -0.2) is 0 Å². The van der Waals surface area contributed by atoms with Crippen LogP contribution < -0.4 is 16.0 Å². The van der Waals surface area contributed by atoms with E-state index in [-0.39, 0.29) is 11.6 Å². The molecule has 1 aliphatic heterocycles. The highest BCUT2D eigenvalue weighted by Crippen LogP contribution is 2.29. The van der Waals surface area contributed by atoms with Crippen LogP contribution in [0.1, 0.15) is 32.3 Å². The van der Waals surface area contributed by atoms with Gasteiger partial charge in [0.25, 0.3) is 0 Å². The maximum atomic E-state index is 6.12. The van der Waals surface area contributed by atoms with Gasteiger partial charge in [0.2, 0.25) is 0 Å². The molecule has 0 amide bonds. The molecule has 0 spiro atoms. The van der Waals surface area contributed by atoms with Crippen LogP contribution in [-0.2, 0) is 6.42 Å². The van der Waals surface area contributed by atoms with Crippen LogP contribution in [0.2, 0.25) is 5.02 Å². The number of hydrogen-bond donors (Lipinski definition) is 2. The fraction of sp³-hybridized carbons (Fsp3) is 0.625. The van der Waals surface area contributed by atoms with Crippen molar-refractivity contribution in [2.75, 3.05) is 20.2 Å². The number of hydrazine groups is 1. The summed E-state index contributed by atoms with van der Waals surface area (Å²) in [7, 11) is 1.68. The smallest absolute Gasteiger partial charge is 0.122 e. The van der Waals surface area contributed by atoms with Gasteiger partial charge >= 0.3 is 0 Å². The van der Waals surface area contributed by atoms with Crippen molar-refractivity contribution >= 4 is 11.6 Å². The van der Waals surface area contributed by atoms with Gasteiger partial charge in [-0.3, -0.25) is 16.2 Å². The number of nitrogens with one attached hydrogen (secondary N) is 1. The predicted octanol–water partition coefficient (Wildman–Crippen LogP) is 2.60. The molecule has 1 heterocycles. The van der Waals surface area contributed by atoms with Crippen molar-refractivity contribution in [2.24, 2.45) is 5.84 Å². The standard InChI is InChI=1S/C16H26ClN3O/c1-16(2,20-8-4-5-9-20)15(19-18)11-12-10-13(17)6-7-14(12)21-3/h6-7,10,15,19H,4-5,8-9,11,18H2,1-3H3. The van der Waals surface area contributed by atoms with E-state index in [1.54, 1.807) is 7.11 Å². The van der Waals surface area contributed by atoms with Gasteiger partial charge in [-0.05, 0) is 70.0 Å². The number of methoxy groups -OCH3 is 1. The van der Waals surface area contributed by atoms with Crippen molar-refractivity contribution in [1.82, 2.24) is 10.3 Å². The first kappa shape index (κ1) is 16.6. The van der Waals surface area contributed by atoms with E-state index in [9.17, 15) is 0 Å². The van der Waals surface area contributed by atoms with Crippen LogP contribution in [0.4, 0.5) is 0 Å². The summed E-state index contributed by atoms with van der Waals surface area (Å²) in [6.07, 6.45) is 3.31. The summed E-state index contributed by atoms with van der Waals surface area (Å²) in [5.41, 5.74) is 4.07. The Bertz CT molecular complexity index is 473. The molecule has 1 unspecified atom stereocenters. The molecule has 4 nitrogen and oxygen atoms in total. The molecular weight excluding hydrogens is 286 g/mol. The van der Waals surface area contributed by atoms with Crippen molar-refractivity contribution in [3.63, 3.8) is 0 Å². The second-order valence-electron chi connectivity index (χ2n) is 6.23. The molecule has 1 aromatic rings. The number of nitrogens with zero attached hydrogens (tertiary/aromatic N) is 1. The van der Waals surface area contributed by atoms with E-state index < -0.39 is 0 Å². The number of ether oxygens (including phenoxy) is 1. The maximum absolute atomic E-state index is 6.12. The van der Waals surface area contributed by atoms with E-state index >= 15 is 0 Å². The van der Waals surface area contributed by atoms with Crippen molar-refractivity contribution in [1.29, 1.82) is 0 Å². The molecule has 0 aliphatic carbocycles. The highest BCUT2D eigenvalue weighted by molar-refractivity contribution is 6.30. The average Bonchev–Trinajstić information content (AvgIpc) is 2.99. The maximum Gasteiger partial charge on any atom is 0.122 e. The molecule has 1 fully saturated rings. The topological polar surface area (TPSA) is 50.5 Å². The molecule has 1 saturated heterocycles. The van der Waals surface area contributed by atoms with Crippen LogP contribution in [0, 0.1) is 0 Å². The lowest BCUT2D eigenvalue weighted by atomic mass is 9.88. The monoisotopic (exact) mass is 311 g/mol. The van der Waals surface area contributed by atoms with Crippen molar-refractivity contribution in [2.45, 2.75) is 44.7 Å². The third-order valence-electron chi connectivity index (χ3n) is 4.64. The first-order valence-electron chi connectivity index (χ1n) is 7.52. The van der Waals surface area contributed by atoms with Gasteiger partial charge in [0.05, 0.1) is 7.11 Å². The lowest BCUT2D eigenvalue weighted by Gasteiger charge is -2.42. The van der Waals surface area contributed by atoms with Crippen LogP contribution in [0.25, 0.3) is 0 Å². The van der Waals surface area contributed by atoms with E-state index in [0.29, 0.717) is 0 Å². The molecule has 0 saturated carbocycles. The first-order chi connectivity index (χ1) is 9.98. The van der Waals surface area contributed by atoms with E-state index in [4.69, 9.17) is 22.2 Å². The molecule has 3 N–H and O–H groups in total. The third-order valence-corrected chi connectivity index (χ3v) is 4.88. The zero-order chi connectivity index (χ0) is 15.5. The van der Waals surface area contributed by atoms with Crippen molar-refractivity contribution in [3.8, 4) is 5.75 Å². The molecule has 0 aromatic heterocycles. The van der Waals surface area contributed by atoms with Gasteiger partial charge in [-0.1, -0.05) is 11.6 Å². The number of hydrogen-bond acceptors (Lipinski definition) is 4. The average molecular weight is 312 g/mol. The lowest BCUT2D eigenvalue weighted by molar-refractivity contribution is 0.106. The second kappa shape index (κ2) is 6.97. The fourth-order valence-electron chi connectivity index (χ4n) is 3.15. The third kappa shape index (κ3) is 3.69. The highest BCUT2D eigenvalue weighted by atomic mass is 35.5. The largest absolute Gasteiger partial charge is 0.496 e. The SMILES string of the molecule is COc1ccc(Cl)cc1CC(NN)C(C)(C)N1CCCC1.